The van der Waals surface area contributed by atoms with Crippen LogP contribution in [0, 0.1) is 0 Å². The van der Waals surface area contributed by atoms with Crippen LogP contribution in [-0.4, -0.2) is 23.0 Å². The molecular formula is C20H18F3NO2. The molecule has 2 aliphatic heterocycles. The molecule has 0 N–H and O–H groups in total. The largest absolute Gasteiger partial charge is 0.416 e. The van der Waals surface area contributed by atoms with Gasteiger partial charge in [-0.2, -0.15) is 13.2 Å². The summed E-state index contributed by atoms with van der Waals surface area (Å²) in [6.07, 6.45) is -4.46. The summed E-state index contributed by atoms with van der Waals surface area (Å²) in [5.74, 6) is -0.895. The summed E-state index contributed by atoms with van der Waals surface area (Å²) in [4.78, 5) is 14.7. The van der Waals surface area contributed by atoms with Gasteiger partial charge in [0.25, 0.3) is 0 Å². The van der Waals surface area contributed by atoms with Gasteiger partial charge in [-0.15, -0.1) is 0 Å². The van der Waals surface area contributed by atoms with Gasteiger partial charge in [0.2, 0.25) is 5.91 Å². The molecule has 3 nitrogen and oxygen atoms in total. The van der Waals surface area contributed by atoms with E-state index in [1.165, 1.54) is 6.07 Å². The molecule has 2 atom stereocenters. The lowest BCUT2D eigenvalue weighted by atomic mass is 9.80. The standard InChI is InChI=1S/C20H18F3NO2/c1-19-12-24(10-13-6-3-2-4-7-13)18(25)17(19)14-8-5-9-16(20(21,22)23)15(14)11-26-19/h2-9,17H,10-12H2,1H3/t17-,19-/m0/s1. The van der Waals surface area contributed by atoms with Crippen LogP contribution >= 0.6 is 0 Å². The van der Waals surface area contributed by atoms with Crippen molar-refractivity contribution in [1.82, 2.24) is 4.90 Å². The number of carbonyl (C=O) groups excluding carboxylic acids is 1. The van der Waals surface area contributed by atoms with Crippen molar-refractivity contribution in [2.75, 3.05) is 6.54 Å². The number of rotatable bonds is 2. The van der Waals surface area contributed by atoms with Crippen molar-refractivity contribution in [3.8, 4) is 0 Å². The Labute approximate surface area is 149 Å². The number of nitrogens with zero attached hydrogens (tertiary/aromatic N) is 1. The molecular weight excluding hydrogens is 343 g/mol. The molecule has 0 aliphatic carbocycles. The maximum absolute atomic E-state index is 13.3. The summed E-state index contributed by atoms with van der Waals surface area (Å²) >= 11 is 0. The molecule has 2 aliphatic rings. The fraction of sp³-hybridized carbons (Fsp3) is 0.350. The Morgan fingerprint density at radius 3 is 2.58 bits per heavy atom. The Kier molecular flexibility index (Phi) is 3.84. The number of fused-ring (bicyclic) bond motifs is 3. The maximum atomic E-state index is 13.3. The molecule has 0 radical (unpaired) electrons. The quantitative estimate of drug-likeness (QED) is 0.805. The monoisotopic (exact) mass is 361 g/mol. The predicted octanol–water partition coefficient (Wildman–Crippen LogP) is 4.12. The average Bonchev–Trinajstić information content (AvgIpc) is 2.85. The van der Waals surface area contributed by atoms with Gasteiger partial charge in [0.1, 0.15) is 0 Å². The minimum absolute atomic E-state index is 0.0809. The van der Waals surface area contributed by atoms with Gasteiger partial charge in [0, 0.05) is 6.54 Å². The van der Waals surface area contributed by atoms with Gasteiger partial charge in [-0.25, -0.2) is 0 Å². The van der Waals surface area contributed by atoms with Crippen LogP contribution in [0.4, 0.5) is 13.2 Å². The van der Waals surface area contributed by atoms with E-state index in [4.69, 9.17) is 4.74 Å². The van der Waals surface area contributed by atoms with Crippen LogP contribution in [0.1, 0.15) is 35.1 Å². The molecule has 2 aromatic rings. The van der Waals surface area contributed by atoms with Crippen LogP contribution in [-0.2, 0) is 28.9 Å². The Balaban J connectivity index is 1.71. The first-order chi connectivity index (χ1) is 12.3. The highest BCUT2D eigenvalue weighted by atomic mass is 19.4. The van der Waals surface area contributed by atoms with Crippen molar-refractivity contribution in [2.45, 2.75) is 37.8 Å². The van der Waals surface area contributed by atoms with E-state index in [9.17, 15) is 18.0 Å². The maximum Gasteiger partial charge on any atom is 0.416 e. The Morgan fingerprint density at radius 2 is 1.88 bits per heavy atom. The second kappa shape index (κ2) is 5.84. The Morgan fingerprint density at radius 1 is 1.15 bits per heavy atom. The lowest BCUT2D eigenvalue weighted by molar-refractivity contribution is -0.142. The van der Waals surface area contributed by atoms with Gasteiger partial charge in [-0.3, -0.25) is 4.79 Å². The van der Waals surface area contributed by atoms with Crippen LogP contribution in [0.3, 0.4) is 0 Å². The highest BCUT2D eigenvalue weighted by Gasteiger charge is 2.54. The van der Waals surface area contributed by atoms with Crippen molar-refractivity contribution in [1.29, 1.82) is 0 Å². The van der Waals surface area contributed by atoms with Crippen LogP contribution < -0.4 is 0 Å². The number of ether oxygens (including phenoxy) is 1. The van der Waals surface area contributed by atoms with Gasteiger partial charge >= 0.3 is 6.18 Å². The highest BCUT2D eigenvalue weighted by Crippen LogP contribution is 2.48. The zero-order valence-electron chi connectivity index (χ0n) is 14.2. The second-order valence-electron chi connectivity index (χ2n) is 7.09. The molecule has 1 amide bonds. The zero-order valence-corrected chi connectivity index (χ0v) is 14.2. The smallest absolute Gasteiger partial charge is 0.368 e. The number of likely N-dealkylation sites (tertiary alicyclic amines) is 1. The van der Waals surface area contributed by atoms with E-state index in [2.05, 4.69) is 0 Å². The number of carbonyl (C=O) groups is 1. The predicted molar refractivity (Wildman–Crippen MR) is 89.2 cm³/mol. The lowest BCUT2D eigenvalue weighted by Crippen LogP contribution is -2.41. The molecule has 0 aromatic heterocycles. The zero-order chi connectivity index (χ0) is 18.5. The number of benzene rings is 2. The number of halogens is 3. The van der Waals surface area contributed by atoms with Gasteiger partial charge < -0.3 is 9.64 Å². The summed E-state index contributed by atoms with van der Waals surface area (Å²) in [5.41, 5.74) is -0.0337. The summed E-state index contributed by atoms with van der Waals surface area (Å²) in [5, 5.41) is 0. The van der Waals surface area contributed by atoms with Crippen LogP contribution in [0.5, 0.6) is 0 Å². The molecule has 1 saturated heterocycles. The van der Waals surface area contributed by atoms with Crippen molar-refractivity contribution in [3.63, 3.8) is 0 Å². The van der Waals surface area contributed by atoms with Gasteiger partial charge in [-0.05, 0) is 29.7 Å². The third-order valence-electron chi connectivity index (χ3n) is 5.27. The molecule has 2 heterocycles. The van der Waals surface area contributed by atoms with E-state index >= 15 is 0 Å². The molecule has 0 saturated carbocycles. The van der Waals surface area contributed by atoms with Crippen LogP contribution in [0.15, 0.2) is 48.5 Å². The van der Waals surface area contributed by atoms with Gasteiger partial charge in [-0.1, -0.05) is 42.5 Å². The van der Waals surface area contributed by atoms with E-state index in [0.717, 1.165) is 11.6 Å². The Hall–Kier alpha value is -2.34. The molecule has 136 valence electrons. The molecule has 2 aromatic carbocycles. The normalized spacial score (nSPS) is 25.2. The van der Waals surface area contributed by atoms with Crippen LogP contribution in [0.2, 0.25) is 0 Å². The van der Waals surface area contributed by atoms with Gasteiger partial charge in [0.15, 0.2) is 0 Å². The van der Waals surface area contributed by atoms with Crippen molar-refractivity contribution < 1.29 is 22.7 Å². The third kappa shape index (κ3) is 2.69. The molecule has 26 heavy (non-hydrogen) atoms. The number of amides is 1. The molecule has 0 bridgehead atoms. The summed E-state index contributed by atoms with van der Waals surface area (Å²) in [6, 6.07) is 13.6. The number of hydrogen-bond acceptors (Lipinski definition) is 2. The topological polar surface area (TPSA) is 29.5 Å². The summed E-state index contributed by atoms with van der Waals surface area (Å²) < 4.78 is 45.8. The summed E-state index contributed by atoms with van der Waals surface area (Å²) in [6.45, 7) is 2.46. The van der Waals surface area contributed by atoms with E-state index in [1.54, 1.807) is 11.0 Å². The fourth-order valence-corrected chi connectivity index (χ4v) is 4.06. The molecule has 6 heteroatoms. The first kappa shape index (κ1) is 17.1. The van der Waals surface area contributed by atoms with Crippen molar-refractivity contribution in [3.05, 3.63) is 70.8 Å². The first-order valence-corrected chi connectivity index (χ1v) is 8.45. The molecule has 4 rings (SSSR count). The van der Waals surface area contributed by atoms with Gasteiger partial charge in [0.05, 0.1) is 30.2 Å². The van der Waals surface area contributed by atoms with E-state index < -0.39 is 23.3 Å². The second-order valence-corrected chi connectivity index (χ2v) is 7.09. The molecule has 0 unspecified atom stereocenters. The average molecular weight is 361 g/mol. The number of hydrogen-bond donors (Lipinski definition) is 0. The fourth-order valence-electron chi connectivity index (χ4n) is 4.06. The number of alkyl halides is 3. The Bertz CT molecular complexity index is 850. The minimum Gasteiger partial charge on any atom is -0.368 e. The first-order valence-electron chi connectivity index (χ1n) is 8.45. The van der Waals surface area contributed by atoms with Crippen LogP contribution in [0.25, 0.3) is 0 Å². The lowest BCUT2D eigenvalue weighted by Gasteiger charge is -2.36. The van der Waals surface area contributed by atoms with Crippen molar-refractivity contribution in [2.24, 2.45) is 0 Å². The van der Waals surface area contributed by atoms with E-state index in [-0.39, 0.29) is 18.1 Å². The molecule has 1 fully saturated rings. The third-order valence-corrected chi connectivity index (χ3v) is 5.27. The van der Waals surface area contributed by atoms with E-state index in [1.807, 2.05) is 37.3 Å². The summed E-state index contributed by atoms with van der Waals surface area (Å²) in [7, 11) is 0. The van der Waals surface area contributed by atoms with Crippen molar-refractivity contribution >= 4 is 5.91 Å². The molecule has 0 spiro atoms. The SMILES string of the molecule is C[C@]12CN(Cc3ccccc3)C(=O)[C@@H]1c1cccc(C(F)(F)F)c1CO2. The minimum atomic E-state index is -4.46. The highest BCUT2D eigenvalue weighted by molar-refractivity contribution is 5.88. The van der Waals surface area contributed by atoms with E-state index in [0.29, 0.717) is 18.7 Å².